The van der Waals surface area contributed by atoms with Gasteiger partial charge in [-0.05, 0) is 40.9 Å². The van der Waals surface area contributed by atoms with Crippen LogP contribution in [0.1, 0.15) is 12.8 Å². The Morgan fingerprint density at radius 2 is 2.18 bits per heavy atom. The van der Waals surface area contributed by atoms with Crippen LogP contribution in [0.4, 0.5) is 10.5 Å². The van der Waals surface area contributed by atoms with Crippen molar-refractivity contribution in [2.24, 2.45) is 0 Å². The van der Waals surface area contributed by atoms with Crippen molar-refractivity contribution in [3.8, 4) is 0 Å². The number of benzene rings is 1. The largest absolute Gasteiger partial charge is 0.439 e. The van der Waals surface area contributed by atoms with Gasteiger partial charge in [0.2, 0.25) is 0 Å². The van der Waals surface area contributed by atoms with E-state index in [0.717, 1.165) is 23.9 Å². The van der Waals surface area contributed by atoms with Gasteiger partial charge in [-0.15, -0.1) is 0 Å². The van der Waals surface area contributed by atoms with E-state index in [0.29, 0.717) is 18.8 Å². The zero-order valence-electron chi connectivity index (χ0n) is 12.1. The van der Waals surface area contributed by atoms with Crippen LogP contribution in [-0.4, -0.2) is 46.0 Å². The van der Waals surface area contributed by atoms with Crippen molar-refractivity contribution in [3.05, 3.63) is 22.7 Å². The zero-order chi connectivity index (χ0) is 16.0. The van der Waals surface area contributed by atoms with E-state index in [1.165, 1.54) is 6.26 Å². The van der Waals surface area contributed by atoms with Crippen molar-refractivity contribution in [2.75, 3.05) is 30.8 Å². The number of ether oxygens (including phenoxy) is 1. The van der Waals surface area contributed by atoms with Crippen LogP contribution in [-0.2, 0) is 14.6 Å². The molecule has 120 valence electrons. The highest BCUT2D eigenvalue weighted by molar-refractivity contribution is 9.10. The monoisotopic (exact) mass is 388 g/mol. The lowest BCUT2D eigenvalue weighted by atomic mass is 9.92. The highest BCUT2D eigenvalue weighted by atomic mass is 79.9. The fraction of sp³-hybridized carbons (Fsp3) is 0.500. The predicted molar refractivity (Wildman–Crippen MR) is 85.9 cm³/mol. The molecular formula is C14H17BrN2O4S. The molecule has 0 aliphatic carbocycles. The van der Waals surface area contributed by atoms with E-state index < -0.39 is 21.5 Å². The molecule has 1 unspecified atom stereocenters. The minimum Gasteiger partial charge on any atom is -0.439 e. The van der Waals surface area contributed by atoms with E-state index >= 15 is 0 Å². The molecule has 2 saturated heterocycles. The Morgan fingerprint density at radius 3 is 2.82 bits per heavy atom. The third kappa shape index (κ3) is 2.81. The topological polar surface area (TPSA) is 75.7 Å². The second kappa shape index (κ2) is 5.42. The van der Waals surface area contributed by atoms with Crippen LogP contribution < -0.4 is 10.2 Å². The SMILES string of the molecule is CS(=O)(=O)c1cccc(Br)c1N1CCCC2(CNC(=O)O2)C1. The lowest BCUT2D eigenvalue weighted by Gasteiger charge is -2.40. The van der Waals surface area contributed by atoms with Crippen LogP contribution in [0.25, 0.3) is 0 Å². The molecule has 8 heteroatoms. The Hall–Kier alpha value is -1.28. The molecule has 1 aromatic carbocycles. The van der Waals surface area contributed by atoms with Gasteiger partial charge in [-0.1, -0.05) is 6.07 Å². The van der Waals surface area contributed by atoms with Crippen LogP contribution in [0.3, 0.4) is 0 Å². The number of nitrogens with one attached hydrogen (secondary N) is 1. The van der Waals surface area contributed by atoms with Crippen molar-refractivity contribution in [3.63, 3.8) is 0 Å². The average molecular weight is 389 g/mol. The first-order valence-corrected chi connectivity index (χ1v) is 9.70. The fourth-order valence-electron chi connectivity index (χ4n) is 3.12. The quantitative estimate of drug-likeness (QED) is 0.837. The summed E-state index contributed by atoms with van der Waals surface area (Å²) >= 11 is 3.45. The molecule has 0 saturated carbocycles. The van der Waals surface area contributed by atoms with Crippen LogP contribution >= 0.6 is 15.9 Å². The number of rotatable bonds is 2. The third-order valence-electron chi connectivity index (χ3n) is 4.07. The molecule has 0 bridgehead atoms. The number of halogens is 1. The molecule has 1 atom stereocenters. The average Bonchev–Trinajstić information content (AvgIpc) is 2.78. The molecule has 2 aliphatic heterocycles. The first-order valence-electron chi connectivity index (χ1n) is 7.01. The predicted octanol–water partition coefficient (Wildman–Crippen LogP) is 1.93. The molecule has 2 aliphatic rings. The van der Waals surface area contributed by atoms with E-state index in [2.05, 4.69) is 21.2 Å². The summed E-state index contributed by atoms with van der Waals surface area (Å²) < 4.78 is 30.3. The van der Waals surface area contributed by atoms with E-state index in [-0.39, 0.29) is 4.90 Å². The van der Waals surface area contributed by atoms with Crippen molar-refractivity contribution >= 4 is 37.5 Å². The number of carbonyl (C=O) groups is 1. The van der Waals surface area contributed by atoms with Crippen LogP contribution in [0, 0.1) is 0 Å². The number of carbonyl (C=O) groups excluding carboxylic acids is 1. The first kappa shape index (κ1) is 15.6. The van der Waals surface area contributed by atoms with Gasteiger partial charge < -0.3 is 15.0 Å². The third-order valence-corrected chi connectivity index (χ3v) is 5.84. The fourth-order valence-corrected chi connectivity index (χ4v) is 4.78. The van der Waals surface area contributed by atoms with Crippen molar-refractivity contribution in [1.82, 2.24) is 5.32 Å². The van der Waals surface area contributed by atoms with Crippen LogP contribution in [0.2, 0.25) is 0 Å². The Bertz CT molecular complexity index is 722. The van der Waals surface area contributed by atoms with Gasteiger partial charge in [0.25, 0.3) is 0 Å². The van der Waals surface area contributed by atoms with Gasteiger partial charge in [0, 0.05) is 17.3 Å². The summed E-state index contributed by atoms with van der Waals surface area (Å²) in [5.41, 5.74) is 0.0753. The molecule has 1 amide bonds. The highest BCUT2D eigenvalue weighted by Crippen LogP contribution is 2.38. The van der Waals surface area contributed by atoms with Gasteiger partial charge in [0.1, 0.15) is 5.60 Å². The van der Waals surface area contributed by atoms with Gasteiger partial charge >= 0.3 is 6.09 Å². The number of amides is 1. The minimum atomic E-state index is -3.35. The molecule has 0 aromatic heterocycles. The van der Waals surface area contributed by atoms with Crippen LogP contribution in [0.15, 0.2) is 27.6 Å². The molecule has 1 spiro atoms. The highest BCUT2D eigenvalue weighted by Gasteiger charge is 2.44. The van der Waals surface area contributed by atoms with Gasteiger partial charge in [-0.25, -0.2) is 13.2 Å². The molecule has 2 fully saturated rings. The summed E-state index contributed by atoms with van der Waals surface area (Å²) in [5.74, 6) is 0. The maximum absolute atomic E-state index is 12.1. The maximum atomic E-state index is 12.1. The number of para-hydroxylation sites is 1. The second-order valence-electron chi connectivity index (χ2n) is 5.81. The number of anilines is 1. The smallest absolute Gasteiger partial charge is 0.407 e. The lowest BCUT2D eigenvalue weighted by Crippen LogP contribution is -2.51. The summed E-state index contributed by atoms with van der Waals surface area (Å²) in [6, 6.07) is 5.14. The maximum Gasteiger partial charge on any atom is 0.407 e. The Morgan fingerprint density at radius 1 is 1.41 bits per heavy atom. The molecule has 1 N–H and O–H groups in total. The Labute approximate surface area is 137 Å². The first-order chi connectivity index (χ1) is 10.3. The summed E-state index contributed by atoms with van der Waals surface area (Å²) in [5, 5.41) is 2.69. The molecule has 6 nitrogen and oxygen atoms in total. The zero-order valence-corrected chi connectivity index (χ0v) is 14.5. The van der Waals surface area contributed by atoms with Crippen molar-refractivity contribution in [1.29, 1.82) is 0 Å². The van der Waals surface area contributed by atoms with E-state index in [9.17, 15) is 13.2 Å². The number of alkyl carbamates (subject to hydrolysis) is 1. The molecular weight excluding hydrogens is 372 g/mol. The number of nitrogens with zero attached hydrogens (tertiary/aromatic N) is 1. The number of sulfone groups is 1. The molecule has 1 aromatic rings. The standard InChI is InChI=1S/C14H17BrN2O4S/c1-22(19,20)11-5-2-4-10(15)12(11)17-7-3-6-14(9-17)8-16-13(18)21-14/h2,4-5H,3,6-9H2,1H3,(H,16,18). The van der Waals surface area contributed by atoms with E-state index in [4.69, 9.17) is 4.74 Å². The van der Waals surface area contributed by atoms with Gasteiger partial charge in [-0.3, -0.25) is 0 Å². The number of hydrogen-bond acceptors (Lipinski definition) is 5. The summed E-state index contributed by atoms with van der Waals surface area (Å²) in [7, 11) is -3.35. The van der Waals surface area contributed by atoms with Gasteiger partial charge in [0.15, 0.2) is 9.84 Å². The van der Waals surface area contributed by atoms with E-state index in [1.54, 1.807) is 12.1 Å². The molecule has 3 rings (SSSR count). The van der Waals surface area contributed by atoms with Crippen molar-refractivity contribution in [2.45, 2.75) is 23.3 Å². The van der Waals surface area contributed by atoms with E-state index in [1.807, 2.05) is 11.0 Å². The normalized spacial score (nSPS) is 25.2. The lowest BCUT2D eigenvalue weighted by molar-refractivity contribution is 0.0446. The van der Waals surface area contributed by atoms with Crippen LogP contribution in [0.5, 0.6) is 0 Å². The van der Waals surface area contributed by atoms with Gasteiger partial charge in [0.05, 0.1) is 23.7 Å². The summed E-state index contributed by atoms with van der Waals surface area (Å²) in [4.78, 5) is 13.7. The Balaban J connectivity index is 1.99. The Kier molecular flexibility index (Phi) is 3.84. The summed E-state index contributed by atoms with van der Waals surface area (Å²) in [6.07, 6.45) is 2.41. The summed E-state index contributed by atoms with van der Waals surface area (Å²) in [6.45, 7) is 1.67. The second-order valence-corrected chi connectivity index (χ2v) is 8.65. The van der Waals surface area contributed by atoms with Crippen molar-refractivity contribution < 1.29 is 17.9 Å². The number of hydrogen-bond donors (Lipinski definition) is 1. The minimum absolute atomic E-state index is 0.288. The molecule has 0 radical (unpaired) electrons. The number of piperidine rings is 1. The van der Waals surface area contributed by atoms with Gasteiger partial charge in [-0.2, -0.15) is 0 Å². The molecule has 2 heterocycles. The molecule has 22 heavy (non-hydrogen) atoms.